The van der Waals surface area contributed by atoms with Crippen LogP contribution in [-0.2, 0) is 9.95 Å². The molecule has 9 nitrogen and oxygen atoms in total. The summed E-state index contributed by atoms with van der Waals surface area (Å²) in [6.07, 6.45) is 1.07. The fraction of sp³-hybridized carbons (Fsp3) is 0.375. The molecule has 1 aromatic carbocycles. The summed E-state index contributed by atoms with van der Waals surface area (Å²) in [6, 6.07) is 8.56. The fourth-order valence-electron chi connectivity index (χ4n) is 4.08. The van der Waals surface area contributed by atoms with Crippen molar-refractivity contribution in [2.45, 2.75) is 29.0 Å². The van der Waals surface area contributed by atoms with Gasteiger partial charge in [-0.2, -0.15) is 0 Å². The van der Waals surface area contributed by atoms with E-state index in [1.54, 1.807) is 29.2 Å². The Morgan fingerprint density at radius 3 is 2.91 bits per heavy atom. The van der Waals surface area contributed by atoms with Crippen molar-refractivity contribution in [1.82, 2.24) is 9.97 Å². The SMILES string of the molecule is COc1ccc2ncc(F)c(C[As]CC[C@H](N)[C@@H]3CN(c4ccc5c(c4)OCCO5)C(=O)O3)c2n1. The van der Waals surface area contributed by atoms with Gasteiger partial charge in [0.25, 0.3) is 0 Å². The maximum absolute atomic E-state index is 14.5. The Morgan fingerprint density at radius 2 is 2.09 bits per heavy atom. The van der Waals surface area contributed by atoms with Gasteiger partial charge in [0.15, 0.2) is 0 Å². The minimum absolute atomic E-state index is 0.233. The van der Waals surface area contributed by atoms with Gasteiger partial charge in [0.1, 0.15) is 0 Å². The van der Waals surface area contributed by atoms with Gasteiger partial charge in [-0.15, -0.1) is 0 Å². The molecule has 0 saturated carbocycles. The van der Waals surface area contributed by atoms with Crippen LogP contribution in [0.1, 0.15) is 12.0 Å². The third-order valence-electron chi connectivity index (χ3n) is 5.99. The Morgan fingerprint density at radius 1 is 1.26 bits per heavy atom. The van der Waals surface area contributed by atoms with E-state index in [0.29, 0.717) is 71.1 Å². The van der Waals surface area contributed by atoms with Crippen LogP contribution in [0.2, 0.25) is 5.21 Å². The number of methoxy groups -OCH3 is 1. The molecule has 1 fully saturated rings. The predicted molar refractivity (Wildman–Crippen MR) is 128 cm³/mol. The van der Waals surface area contributed by atoms with E-state index in [1.165, 1.54) is 13.3 Å². The van der Waals surface area contributed by atoms with Crippen molar-refractivity contribution in [1.29, 1.82) is 0 Å². The van der Waals surface area contributed by atoms with Crippen molar-refractivity contribution in [3.63, 3.8) is 0 Å². The summed E-state index contributed by atoms with van der Waals surface area (Å²) in [5.74, 6) is 1.34. The van der Waals surface area contributed by atoms with Crippen LogP contribution < -0.4 is 24.8 Å². The van der Waals surface area contributed by atoms with E-state index in [4.69, 9.17) is 24.7 Å². The molecule has 183 valence electrons. The number of rotatable bonds is 8. The molecule has 2 N–H and O–H groups in total. The van der Waals surface area contributed by atoms with E-state index in [9.17, 15) is 9.18 Å². The standard InChI is InChI=1S/C24H25AsFN4O5/c1-32-22-5-3-18-23(29-22)15(16(26)12-28-18)11-25-7-6-17(27)21-13-30(24(31)35-21)14-2-4-19-20(10-14)34-9-8-33-19/h2-5,10,12,17,21H,6-9,11,13,27H2,1H3/t17-,21-/m0/s1. The number of ether oxygens (including phenoxy) is 4. The molecule has 1 saturated heterocycles. The molecule has 0 spiro atoms. The normalized spacial score (nSPS) is 18.3. The van der Waals surface area contributed by atoms with Gasteiger partial charge in [0, 0.05) is 0 Å². The number of aromatic nitrogens is 2. The van der Waals surface area contributed by atoms with E-state index in [0.717, 1.165) is 5.21 Å². The molecule has 2 atom stereocenters. The van der Waals surface area contributed by atoms with E-state index in [2.05, 4.69) is 9.97 Å². The van der Waals surface area contributed by atoms with Gasteiger partial charge in [0.2, 0.25) is 0 Å². The first-order chi connectivity index (χ1) is 17.0. The first kappa shape index (κ1) is 23.6. The third kappa shape index (κ3) is 4.99. The van der Waals surface area contributed by atoms with Gasteiger partial charge in [-0.05, 0) is 0 Å². The summed E-state index contributed by atoms with van der Waals surface area (Å²) >= 11 is -0.233. The molecule has 2 aromatic heterocycles. The third-order valence-corrected chi connectivity index (χ3v) is 8.33. The molecule has 0 bridgehead atoms. The van der Waals surface area contributed by atoms with E-state index in [-0.39, 0.29) is 27.6 Å². The van der Waals surface area contributed by atoms with Crippen molar-refractivity contribution < 1.29 is 28.1 Å². The number of pyridine rings is 2. The number of nitrogens with zero attached hydrogens (tertiary/aromatic N) is 3. The van der Waals surface area contributed by atoms with Gasteiger partial charge < -0.3 is 0 Å². The van der Waals surface area contributed by atoms with Crippen LogP contribution in [0.15, 0.2) is 36.5 Å². The summed E-state index contributed by atoms with van der Waals surface area (Å²) in [4.78, 5) is 22.6. The molecule has 1 amide bonds. The molecule has 0 unspecified atom stereocenters. The number of carbonyl (C=O) groups excluding carboxylic acids is 1. The van der Waals surface area contributed by atoms with Crippen LogP contribution >= 0.6 is 0 Å². The van der Waals surface area contributed by atoms with Crippen molar-refractivity contribution in [2.75, 3.05) is 31.8 Å². The number of amides is 1. The molecule has 5 rings (SSSR count). The first-order valence-electron chi connectivity index (χ1n) is 11.3. The van der Waals surface area contributed by atoms with Crippen LogP contribution in [0.25, 0.3) is 11.0 Å². The van der Waals surface area contributed by atoms with Crippen LogP contribution in [0, 0.1) is 5.82 Å². The van der Waals surface area contributed by atoms with Gasteiger partial charge >= 0.3 is 208 Å². The second kappa shape index (κ2) is 10.3. The summed E-state index contributed by atoms with van der Waals surface area (Å²) in [5, 5.41) is 1.42. The average Bonchev–Trinajstić information content (AvgIpc) is 3.28. The van der Waals surface area contributed by atoms with Crippen molar-refractivity contribution in [2.24, 2.45) is 5.73 Å². The van der Waals surface area contributed by atoms with Gasteiger partial charge in [-0.25, -0.2) is 0 Å². The maximum atomic E-state index is 14.5. The number of benzene rings is 1. The molecule has 2 aliphatic rings. The molecule has 4 heterocycles. The van der Waals surface area contributed by atoms with Crippen LogP contribution in [0.3, 0.4) is 0 Å². The Balaban J connectivity index is 1.17. The first-order valence-corrected chi connectivity index (χ1v) is 13.9. The number of cyclic esters (lactones) is 1. The zero-order valence-electron chi connectivity index (χ0n) is 19.1. The molecular weight excluding hydrogens is 518 g/mol. The Hall–Kier alpha value is -3.10. The number of carbonyl (C=O) groups is 1. The number of anilines is 1. The number of hydrogen-bond acceptors (Lipinski definition) is 8. The van der Waals surface area contributed by atoms with Crippen LogP contribution in [0.5, 0.6) is 17.4 Å². The predicted octanol–water partition coefficient (Wildman–Crippen LogP) is 2.91. The number of nitrogens with two attached hydrogens (primary N) is 1. The average molecular weight is 543 g/mol. The van der Waals surface area contributed by atoms with Crippen LogP contribution in [0.4, 0.5) is 14.9 Å². The second-order valence-electron chi connectivity index (χ2n) is 8.22. The minimum atomic E-state index is -0.430. The molecule has 11 heteroatoms. The Labute approximate surface area is 208 Å². The van der Waals surface area contributed by atoms with Crippen molar-refractivity contribution >= 4 is 38.6 Å². The molecule has 3 aromatic rings. The molecular formula is C24H25AsFN4O5. The number of hydrogen-bond donors (Lipinski definition) is 1. The number of halogens is 1. The Kier molecular flexibility index (Phi) is 6.92. The van der Waals surface area contributed by atoms with Gasteiger partial charge in [-0.3, -0.25) is 0 Å². The number of fused-ring (bicyclic) bond motifs is 2. The van der Waals surface area contributed by atoms with Gasteiger partial charge in [-0.1, -0.05) is 0 Å². The quantitative estimate of drug-likeness (QED) is 0.342. The second-order valence-corrected chi connectivity index (χ2v) is 10.8. The Bertz CT molecular complexity index is 1250. The zero-order valence-corrected chi connectivity index (χ0v) is 21.0. The monoisotopic (exact) mass is 543 g/mol. The van der Waals surface area contributed by atoms with Crippen LogP contribution in [-0.4, -0.2) is 70.8 Å². The van der Waals surface area contributed by atoms with E-state index >= 15 is 0 Å². The molecule has 1 radical (unpaired) electrons. The summed E-state index contributed by atoms with van der Waals surface area (Å²) < 4.78 is 36.4. The van der Waals surface area contributed by atoms with Crippen molar-refractivity contribution in [3.8, 4) is 17.4 Å². The molecule has 35 heavy (non-hydrogen) atoms. The zero-order chi connectivity index (χ0) is 24.4. The summed E-state index contributed by atoms with van der Waals surface area (Å²) in [5.41, 5.74) is 8.79. The van der Waals surface area contributed by atoms with Crippen molar-refractivity contribution in [3.05, 3.63) is 47.9 Å². The molecule has 2 aliphatic heterocycles. The molecule has 0 aliphatic carbocycles. The summed E-state index contributed by atoms with van der Waals surface area (Å²) in [7, 11) is 1.53. The summed E-state index contributed by atoms with van der Waals surface area (Å²) in [6.45, 7) is 1.34. The fourth-order valence-corrected chi connectivity index (χ4v) is 6.52. The van der Waals surface area contributed by atoms with E-state index < -0.39 is 12.2 Å². The van der Waals surface area contributed by atoms with E-state index in [1.807, 2.05) is 6.07 Å². The van der Waals surface area contributed by atoms with Gasteiger partial charge in [0.05, 0.1) is 0 Å². The topological polar surface area (TPSA) is 109 Å².